The van der Waals surface area contributed by atoms with Crippen LogP contribution in [0.3, 0.4) is 0 Å². The van der Waals surface area contributed by atoms with Crippen molar-refractivity contribution in [2.45, 2.75) is 25.3 Å². The standard InChI is InChI=1S/C16H17ClFN/c1-16(19,10-12-5-4-7-14(18)9-12)11-13-6-2-3-8-15(13)17/h2-9H,10-11,19H2,1H3. The van der Waals surface area contributed by atoms with Crippen molar-refractivity contribution < 1.29 is 4.39 Å². The molecule has 0 heterocycles. The van der Waals surface area contributed by atoms with E-state index in [0.29, 0.717) is 12.8 Å². The highest BCUT2D eigenvalue weighted by Crippen LogP contribution is 2.22. The zero-order valence-electron chi connectivity index (χ0n) is 10.9. The van der Waals surface area contributed by atoms with Gasteiger partial charge in [-0.1, -0.05) is 41.9 Å². The maximum atomic E-state index is 13.2. The molecule has 0 radical (unpaired) electrons. The minimum atomic E-state index is -0.460. The highest BCUT2D eigenvalue weighted by atomic mass is 35.5. The molecule has 2 aromatic carbocycles. The lowest BCUT2D eigenvalue weighted by molar-refractivity contribution is 0.461. The average Bonchev–Trinajstić information content (AvgIpc) is 2.31. The lowest BCUT2D eigenvalue weighted by Gasteiger charge is -2.25. The van der Waals surface area contributed by atoms with Gasteiger partial charge in [0.15, 0.2) is 0 Å². The predicted molar refractivity (Wildman–Crippen MR) is 77.9 cm³/mol. The summed E-state index contributed by atoms with van der Waals surface area (Å²) in [6, 6.07) is 14.2. The Morgan fingerprint density at radius 2 is 1.84 bits per heavy atom. The zero-order valence-corrected chi connectivity index (χ0v) is 11.6. The van der Waals surface area contributed by atoms with Gasteiger partial charge >= 0.3 is 0 Å². The molecular weight excluding hydrogens is 261 g/mol. The van der Waals surface area contributed by atoms with Crippen LogP contribution in [0.2, 0.25) is 5.02 Å². The smallest absolute Gasteiger partial charge is 0.123 e. The summed E-state index contributed by atoms with van der Waals surface area (Å²) < 4.78 is 13.2. The van der Waals surface area contributed by atoms with Crippen LogP contribution < -0.4 is 5.73 Å². The van der Waals surface area contributed by atoms with Gasteiger partial charge in [-0.05, 0) is 49.1 Å². The van der Waals surface area contributed by atoms with E-state index in [1.165, 1.54) is 12.1 Å². The molecule has 19 heavy (non-hydrogen) atoms. The van der Waals surface area contributed by atoms with E-state index in [-0.39, 0.29) is 5.82 Å². The van der Waals surface area contributed by atoms with Crippen LogP contribution in [0.4, 0.5) is 4.39 Å². The fourth-order valence-electron chi connectivity index (χ4n) is 2.25. The summed E-state index contributed by atoms with van der Waals surface area (Å²) in [5, 5.41) is 0.721. The van der Waals surface area contributed by atoms with Crippen LogP contribution in [-0.4, -0.2) is 5.54 Å². The fraction of sp³-hybridized carbons (Fsp3) is 0.250. The van der Waals surface area contributed by atoms with Gasteiger partial charge < -0.3 is 5.73 Å². The Balaban J connectivity index is 2.13. The SMILES string of the molecule is CC(N)(Cc1cccc(F)c1)Cc1ccccc1Cl. The highest BCUT2D eigenvalue weighted by Gasteiger charge is 2.21. The van der Waals surface area contributed by atoms with Crippen molar-refractivity contribution in [1.29, 1.82) is 0 Å². The first kappa shape index (κ1) is 14.0. The van der Waals surface area contributed by atoms with Gasteiger partial charge in [-0.2, -0.15) is 0 Å². The Morgan fingerprint density at radius 1 is 1.11 bits per heavy atom. The molecule has 2 aromatic rings. The van der Waals surface area contributed by atoms with Crippen molar-refractivity contribution in [2.75, 3.05) is 0 Å². The number of nitrogens with two attached hydrogens (primary N) is 1. The van der Waals surface area contributed by atoms with Crippen LogP contribution in [-0.2, 0) is 12.8 Å². The van der Waals surface area contributed by atoms with Gasteiger partial charge in [-0.25, -0.2) is 4.39 Å². The Kier molecular flexibility index (Phi) is 4.23. The quantitative estimate of drug-likeness (QED) is 0.899. The summed E-state index contributed by atoms with van der Waals surface area (Å²) in [4.78, 5) is 0. The van der Waals surface area contributed by atoms with Crippen molar-refractivity contribution in [3.05, 3.63) is 70.5 Å². The largest absolute Gasteiger partial charge is 0.325 e. The fourth-order valence-corrected chi connectivity index (χ4v) is 2.46. The maximum Gasteiger partial charge on any atom is 0.123 e. The highest BCUT2D eigenvalue weighted by molar-refractivity contribution is 6.31. The molecule has 0 aliphatic rings. The molecule has 1 nitrogen and oxygen atoms in total. The molecule has 1 atom stereocenters. The van der Waals surface area contributed by atoms with Gasteiger partial charge in [-0.3, -0.25) is 0 Å². The van der Waals surface area contributed by atoms with E-state index in [0.717, 1.165) is 16.1 Å². The van der Waals surface area contributed by atoms with E-state index in [9.17, 15) is 4.39 Å². The van der Waals surface area contributed by atoms with Gasteiger partial charge in [0.2, 0.25) is 0 Å². The number of hydrogen-bond donors (Lipinski definition) is 1. The van der Waals surface area contributed by atoms with Gasteiger partial charge in [0.05, 0.1) is 0 Å². The second kappa shape index (κ2) is 5.72. The van der Waals surface area contributed by atoms with Gasteiger partial charge in [0.25, 0.3) is 0 Å². The molecule has 2 rings (SSSR count). The molecule has 0 spiro atoms. The Bertz CT molecular complexity index is 566. The third-order valence-electron chi connectivity index (χ3n) is 3.05. The monoisotopic (exact) mass is 277 g/mol. The normalized spacial score (nSPS) is 14.1. The Labute approximate surface area is 118 Å². The van der Waals surface area contributed by atoms with Gasteiger partial charge in [-0.15, -0.1) is 0 Å². The molecule has 0 saturated heterocycles. The third-order valence-corrected chi connectivity index (χ3v) is 3.42. The second-order valence-electron chi connectivity index (χ2n) is 5.23. The molecule has 0 bridgehead atoms. The number of rotatable bonds is 4. The third kappa shape index (κ3) is 4.05. The lowest BCUT2D eigenvalue weighted by Crippen LogP contribution is -2.41. The van der Waals surface area contributed by atoms with Crippen molar-refractivity contribution in [1.82, 2.24) is 0 Å². The Hall–Kier alpha value is -1.38. The van der Waals surface area contributed by atoms with Crippen LogP contribution in [0.25, 0.3) is 0 Å². The minimum absolute atomic E-state index is 0.231. The summed E-state index contributed by atoms with van der Waals surface area (Å²) in [5.74, 6) is -0.231. The first-order chi connectivity index (χ1) is 8.96. The topological polar surface area (TPSA) is 26.0 Å². The van der Waals surface area contributed by atoms with E-state index in [1.54, 1.807) is 6.07 Å². The van der Waals surface area contributed by atoms with E-state index in [2.05, 4.69) is 0 Å². The lowest BCUT2D eigenvalue weighted by atomic mass is 9.87. The van der Waals surface area contributed by atoms with Crippen LogP contribution in [0.15, 0.2) is 48.5 Å². The Morgan fingerprint density at radius 3 is 2.53 bits per heavy atom. The molecule has 100 valence electrons. The molecule has 3 heteroatoms. The molecule has 0 aliphatic carbocycles. The van der Waals surface area contributed by atoms with Crippen molar-refractivity contribution in [3.8, 4) is 0 Å². The van der Waals surface area contributed by atoms with Crippen molar-refractivity contribution in [3.63, 3.8) is 0 Å². The number of halogens is 2. The molecule has 1 unspecified atom stereocenters. The summed E-state index contributed by atoms with van der Waals surface area (Å²) >= 11 is 6.14. The number of benzene rings is 2. The van der Waals surface area contributed by atoms with E-state index < -0.39 is 5.54 Å². The molecule has 0 aliphatic heterocycles. The second-order valence-corrected chi connectivity index (χ2v) is 5.64. The van der Waals surface area contributed by atoms with E-state index >= 15 is 0 Å². The van der Waals surface area contributed by atoms with Crippen LogP contribution >= 0.6 is 11.6 Å². The summed E-state index contributed by atoms with van der Waals surface area (Å²) in [6.45, 7) is 1.96. The van der Waals surface area contributed by atoms with Crippen molar-refractivity contribution >= 4 is 11.6 Å². The summed E-state index contributed by atoms with van der Waals surface area (Å²) in [7, 11) is 0. The molecule has 0 fully saturated rings. The first-order valence-electron chi connectivity index (χ1n) is 6.23. The van der Waals surface area contributed by atoms with Gasteiger partial charge in [0, 0.05) is 10.6 Å². The molecule has 2 N–H and O–H groups in total. The van der Waals surface area contributed by atoms with Gasteiger partial charge in [0.1, 0.15) is 5.82 Å². The minimum Gasteiger partial charge on any atom is -0.325 e. The van der Waals surface area contributed by atoms with Crippen LogP contribution in [0.5, 0.6) is 0 Å². The van der Waals surface area contributed by atoms with E-state index in [1.807, 2.05) is 37.3 Å². The summed E-state index contributed by atoms with van der Waals surface area (Å²) in [6.07, 6.45) is 1.26. The van der Waals surface area contributed by atoms with Crippen LogP contribution in [0, 0.1) is 5.82 Å². The first-order valence-corrected chi connectivity index (χ1v) is 6.61. The van der Waals surface area contributed by atoms with E-state index in [4.69, 9.17) is 17.3 Å². The van der Waals surface area contributed by atoms with Crippen LogP contribution in [0.1, 0.15) is 18.1 Å². The molecule has 0 amide bonds. The van der Waals surface area contributed by atoms with Crippen molar-refractivity contribution in [2.24, 2.45) is 5.73 Å². The maximum absolute atomic E-state index is 13.2. The average molecular weight is 278 g/mol. The zero-order chi connectivity index (χ0) is 13.9. The predicted octanol–water partition coefficient (Wildman–Crippen LogP) is 3.98. The molecule has 0 saturated carbocycles. The number of hydrogen-bond acceptors (Lipinski definition) is 1. The molecule has 0 aromatic heterocycles. The summed E-state index contributed by atoms with van der Waals surface area (Å²) in [5.41, 5.74) is 7.78. The molecular formula is C16H17ClFN.